The first-order chi connectivity index (χ1) is 12.4. The summed E-state index contributed by atoms with van der Waals surface area (Å²) in [5, 5.41) is 9.59. The number of carbonyl (C=O) groups excluding carboxylic acids is 1. The van der Waals surface area contributed by atoms with Crippen LogP contribution in [0.3, 0.4) is 0 Å². The van der Waals surface area contributed by atoms with Gasteiger partial charge in [0, 0.05) is 31.2 Å². The van der Waals surface area contributed by atoms with Crippen molar-refractivity contribution in [3.8, 4) is 11.5 Å². The molecule has 0 unspecified atom stereocenters. The molecule has 0 spiro atoms. The van der Waals surface area contributed by atoms with Crippen molar-refractivity contribution in [3.63, 3.8) is 0 Å². The number of carbonyl (C=O) groups is 2. The first-order valence-electron chi connectivity index (χ1n) is 8.07. The average molecular weight is 362 g/mol. The number of hydrogen-bond acceptors (Lipinski definition) is 7. The highest BCUT2D eigenvalue weighted by molar-refractivity contribution is 6.07. The molecule has 1 aromatic heterocycles. The smallest absolute Gasteiger partial charge is 0.341 e. The van der Waals surface area contributed by atoms with Gasteiger partial charge in [0.05, 0.1) is 32.9 Å². The Kier molecular flexibility index (Phi) is 6.21. The minimum Gasteiger partial charge on any atom is -0.497 e. The molecule has 8 heteroatoms. The van der Waals surface area contributed by atoms with E-state index < -0.39 is 11.9 Å². The predicted molar refractivity (Wildman–Crippen MR) is 96.3 cm³/mol. The van der Waals surface area contributed by atoms with Gasteiger partial charge < -0.3 is 24.2 Å². The molecular formula is C18H22N2O6. The molecule has 0 saturated heterocycles. The van der Waals surface area contributed by atoms with Crippen molar-refractivity contribution in [2.75, 3.05) is 39.3 Å². The molecule has 0 atom stereocenters. The summed E-state index contributed by atoms with van der Waals surface area (Å²) in [6.45, 7) is 2.14. The zero-order chi connectivity index (χ0) is 19.3. The lowest BCUT2D eigenvalue weighted by Crippen LogP contribution is -2.24. The number of carboxylic acid groups (broad SMARTS) is 1. The van der Waals surface area contributed by atoms with Crippen molar-refractivity contribution in [2.45, 2.75) is 13.3 Å². The SMILES string of the molecule is CCOC(=O)c1cnc2c(OC)cc(OC)cc2c1N(C)CCC(=O)O. The largest absolute Gasteiger partial charge is 0.497 e. The molecule has 1 N–H and O–H groups in total. The Labute approximate surface area is 151 Å². The third kappa shape index (κ3) is 3.96. The molecule has 2 rings (SSSR count). The number of fused-ring (bicyclic) bond motifs is 1. The summed E-state index contributed by atoms with van der Waals surface area (Å²) >= 11 is 0. The van der Waals surface area contributed by atoms with Crippen molar-refractivity contribution < 1.29 is 28.9 Å². The molecular weight excluding hydrogens is 340 g/mol. The molecule has 8 nitrogen and oxygen atoms in total. The van der Waals surface area contributed by atoms with Crippen molar-refractivity contribution in [1.82, 2.24) is 4.98 Å². The number of rotatable bonds is 8. The highest BCUT2D eigenvalue weighted by Gasteiger charge is 2.22. The summed E-state index contributed by atoms with van der Waals surface area (Å²) in [4.78, 5) is 29.4. The first-order valence-corrected chi connectivity index (χ1v) is 8.07. The van der Waals surface area contributed by atoms with Crippen molar-refractivity contribution in [3.05, 3.63) is 23.9 Å². The van der Waals surface area contributed by atoms with Gasteiger partial charge in [-0.2, -0.15) is 0 Å². The van der Waals surface area contributed by atoms with Crippen LogP contribution in [0.25, 0.3) is 10.9 Å². The fourth-order valence-corrected chi connectivity index (χ4v) is 2.65. The fraction of sp³-hybridized carbons (Fsp3) is 0.389. The molecule has 1 heterocycles. The van der Waals surface area contributed by atoms with Gasteiger partial charge in [0.15, 0.2) is 0 Å². The lowest BCUT2D eigenvalue weighted by Gasteiger charge is -2.23. The van der Waals surface area contributed by atoms with Gasteiger partial charge in [-0.15, -0.1) is 0 Å². The number of nitrogens with zero attached hydrogens (tertiary/aromatic N) is 2. The van der Waals surface area contributed by atoms with E-state index in [1.54, 1.807) is 31.0 Å². The number of hydrogen-bond donors (Lipinski definition) is 1. The summed E-state index contributed by atoms with van der Waals surface area (Å²) in [6.07, 6.45) is 1.34. The Bertz CT molecular complexity index is 821. The standard InChI is InChI=1S/C18H22N2O6/c1-5-26-18(23)13-10-19-16-12(8-11(24-3)9-14(16)25-4)17(13)20(2)7-6-15(21)22/h8-10H,5-7H2,1-4H3,(H,21,22). The van der Waals surface area contributed by atoms with Crippen LogP contribution >= 0.6 is 0 Å². The van der Waals surface area contributed by atoms with Crippen LogP contribution in [0.1, 0.15) is 23.7 Å². The number of benzene rings is 1. The molecule has 0 bridgehead atoms. The van der Waals surface area contributed by atoms with E-state index in [2.05, 4.69) is 4.98 Å². The van der Waals surface area contributed by atoms with E-state index in [-0.39, 0.29) is 25.1 Å². The van der Waals surface area contributed by atoms with E-state index in [0.717, 1.165) is 0 Å². The number of aromatic nitrogens is 1. The third-order valence-corrected chi connectivity index (χ3v) is 3.88. The molecule has 2 aromatic rings. The first kappa shape index (κ1) is 19.3. The maximum absolute atomic E-state index is 12.4. The molecule has 0 aliphatic carbocycles. The lowest BCUT2D eigenvalue weighted by atomic mass is 10.1. The fourth-order valence-electron chi connectivity index (χ4n) is 2.65. The Balaban J connectivity index is 2.72. The molecule has 0 fully saturated rings. The van der Waals surface area contributed by atoms with E-state index in [1.165, 1.54) is 20.4 Å². The molecule has 140 valence electrons. The quantitative estimate of drug-likeness (QED) is 0.715. The molecule has 0 amide bonds. The minimum atomic E-state index is -0.928. The van der Waals surface area contributed by atoms with Crippen molar-refractivity contribution >= 4 is 28.5 Å². The zero-order valence-electron chi connectivity index (χ0n) is 15.2. The van der Waals surface area contributed by atoms with Gasteiger partial charge >= 0.3 is 11.9 Å². The Morgan fingerprint density at radius 3 is 2.54 bits per heavy atom. The number of aliphatic carboxylic acids is 1. The van der Waals surface area contributed by atoms with Crippen molar-refractivity contribution in [2.24, 2.45) is 0 Å². The van der Waals surface area contributed by atoms with Crippen LogP contribution in [-0.4, -0.2) is 56.4 Å². The highest BCUT2D eigenvalue weighted by Crippen LogP contribution is 2.37. The minimum absolute atomic E-state index is 0.0797. The van der Waals surface area contributed by atoms with Gasteiger partial charge in [-0.1, -0.05) is 0 Å². The van der Waals surface area contributed by atoms with E-state index in [0.29, 0.717) is 28.1 Å². The maximum Gasteiger partial charge on any atom is 0.341 e. The van der Waals surface area contributed by atoms with Gasteiger partial charge in [-0.25, -0.2) is 4.79 Å². The Morgan fingerprint density at radius 2 is 1.96 bits per heavy atom. The van der Waals surface area contributed by atoms with Gasteiger partial charge in [-0.3, -0.25) is 9.78 Å². The van der Waals surface area contributed by atoms with Crippen LogP contribution in [-0.2, 0) is 9.53 Å². The molecule has 1 aromatic carbocycles. The summed E-state index contributed by atoms with van der Waals surface area (Å²) in [7, 11) is 4.76. The average Bonchev–Trinajstić information content (AvgIpc) is 2.64. The number of esters is 1. The number of methoxy groups -OCH3 is 2. The van der Waals surface area contributed by atoms with Gasteiger partial charge in [-0.05, 0) is 13.0 Å². The van der Waals surface area contributed by atoms with Crippen LogP contribution in [0.2, 0.25) is 0 Å². The normalized spacial score (nSPS) is 10.5. The second-order valence-corrected chi connectivity index (χ2v) is 5.53. The summed E-state index contributed by atoms with van der Waals surface area (Å²) in [5.74, 6) is -0.434. The number of anilines is 1. The van der Waals surface area contributed by atoms with E-state index >= 15 is 0 Å². The number of carboxylic acids is 1. The predicted octanol–water partition coefficient (Wildman–Crippen LogP) is 2.34. The molecule has 0 radical (unpaired) electrons. The van der Waals surface area contributed by atoms with Crippen LogP contribution < -0.4 is 14.4 Å². The molecule has 0 aliphatic rings. The summed E-state index contributed by atoms with van der Waals surface area (Å²) in [6, 6.07) is 3.43. The monoisotopic (exact) mass is 362 g/mol. The van der Waals surface area contributed by atoms with E-state index in [9.17, 15) is 9.59 Å². The number of pyridine rings is 1. The number of ether oxygens (including phenoxy) is 3. The maximum atomic E-state index is 12.4. The van der Waals surface area contributed by atoms with E-state index in [4.69, 9.17) is 19.3 Å². The topological polar surface area (TPSA) is 98.2 Å². The summed E-state index contributed by atoms with van der Waals surface area (Å²) in [5.41, 5.74) is 1.31. The van der Waals surface area contributed by atoms with E-state index in [1.807, 2.05) is 0 Å². The second-order valence-electron chi connectivity index (χ2n) is 5.53. The van der Waals surface area contributed by atoms with Gasteiger partial charge in [0.1, 0.15) is 22.6 Å². The van der Waals surface area contributed by atoms with Crippen LogP contribution in [0.4, 0.5) is 5.69 Å². The third-order valence-electron chi connectivity index (χ3n) is 3.88. The summed E-state index contributed by atoms with van der Waals surface area (Å²) < 4.78 is 15.8. The van der Waals surface area contributed by atoms with Crippen molar-refractivity contribution in [1.29, 1.82) is 0 Å². The molecule has 0 aliphatic heterocycles. The van der Waals surface area contributed by atoms with Gasteiger partial charge in [0.2, 0.25) is 0 Å². The van der Waals surface area contributed by atoms with Gasteiger partial charge in [0.25, 0.3) is 0 Å². The van der Waals surface area contributed by atoms with Crippen LogP contribution in [0.15, 0.2) is 18.3 Å². The van der Waals surface area contributed by atoms with Crippen LogP contribution in [0, 0.1) is 0 Å². The second kappa shape index (κ2) is 8.37. The Morgan fingerprint density at radius 1 is 1.23 bits per heavy atom. The van der Waals surface area contributed by atoms with Crippen LogP contribution in [0.5, 0.6) is 11.5 Å². The Hall–Kier alpha value is -3.03. The zero-order valence-corrected chi connectivity index (χ0v) is 15.2. The lowest BCUT2D eigenvalue weighted by molar-refractivity contribution is -0.136. The molecule has 26 heavy (non-hydrogen) atoms. The molecule has 0 saturated carbocycles. The highest BCUT2D eigenvalue weighted by atomic mass is 16.5.